The van der Waals surface area contributed by atoms with Crippen LogP contribution in [0.2, 0.25) is 0 Å². The molecule has 0 atom stereocenters. The smallest absolute Gasteiger partial charge is 0.292 e. The molecule has 1 saturated heterocycles. The number of ether oxygens (including phenoxy) is 1. The lowest BCUT2D eigenvalue weighted by Gasteiger charge is -2.43. The lowest BCUT2D eigenvalue weighted by molar-refractivity contribution is -0.384. The van der Waals surface area contributed by atoms with Gasteiger partial charge in [-0.2, -0.15) is 0 Å². The number of alkyl halides is 1. The standard InChI is InChI=1S/C13H17BrN2O3/c1-13(2)9-19-6-5-15(13)11-4-3-10(8-14)7-12(11)16(17)18/h3-4,7H,5-6,8-9H2,1-2H3. The molecule has 2 rings (SSSR count). The van der Waals surface area contributed by atoms with E-state index >= 15 is 0 Å². The Morgan fingerprint density at radius 1 is 1.53 bits per heavy atom. The van der Waals surface area contributed by atoms with Gasteiger partial charge in [-0.25, -0.2) is 0 Å². The molecule has 0 unspecified atom stereocenters. The maximum absolute atomic E-state index is 11.3. The van der Waals surface area contributed by atoms with Gasteiger partial charge in [0.25, 0.3) is 5.69 Å². The van der Waals surface area contributed by atoms with Crippen molar-refractivity contribution in [2.45, 2.75) is 24.7 Å². The SMILES string of the molecule is CC1(C)COCCN1c1ccc(CBr)cc1[N+](=O)[O-]. The molecule has 0 N–H and O–H groups in total. The molecule has 5 nitrogen and oxygen atoms in total. The van der Waals surface area contributed by atoms with Crippen LogP contribution >= 0.6 is 15.9 Å². The van der Waals surface area contributed by atoms with E-state index in [4.69, 9.17) is 4.74 Å². The Balaban J connectivity index is 2.46. The van der Waals surface area contributed by atoms with Crippen LogP contribution < -0.4 is 4.90 Å². The van der Waals surface area contributed by atoms with Gasteiger partial charge in [-0.05, 0) is 25.5 Å². The number of rotatable bonds is 3. The molecule has 19 heavy (non-hydrogen) atoms. The van der Waals surface area contributed by atoms with Crippen molar-refractivity contribution in [1.29, 1.82) is 0 Å². The molecule has 6 heteroatoms. The molecule has 1 fully saturated rings. The van der Waals surface area contributed by atoms with Crippen molar-refractivity contribution in [1.82, 2.24) is 0 Å². The number of hydrogen-bond donors (Lipinski definition) is 0. The van der Waals surface area contributed by atoms with E-state index in [0.29, 0.717) is 30.8 Å². The highest BCUT2D eigenvalue weighted by Crippen LogP contribution is 2.35. The number of hydrogen-bond acceptors (Lipinski definition) is 4. The minimum Gasteiger partial charge on any atom is -0.377 e. The van der Waals surface area contributed by atoms with Crippen molar-refractivity contribution in [3.8, 4) is 0 Å². The van der Waals surface area contributed by atoms with Gasteiger partial charge in [0, 0.05) is 17.9 Å². The Hall–Kier alpha value is -1.14. The third kappa shape index (κ3) is 2.90. The van der Waals surface area contributed by atoms with Crippen LogP contribution in [0.15, 0.2) is 18.2 Å². The van der Waals surface area contributed by atoms with Gasteiger partial charge in [0.05, 0.1) is 23.7 Å². The van der Waals surface area contributed by atoms with Gasteiger partial charge in [-0.1, -0.05) is 22.0 Å². The molecular formula is C13H17BrN2O3. The summed E-state index contributed by atoms with van der Waals surface area (Å²) in [5, 5.41) is 11.9. The highest BCUT2D eigenvalue weighted by atomic mass is 79.9. The second-order valence-corrected chi connectivity index (χ2v) is 5.79. The Labute approximate surface area is 120 Å². The van der Waals surface area contributed by atoms with E-state index in [9.17, 15) is 10.1 Å². The Morgan fingerprint density at radius 2 is 2.26 bits per heavy atom. The van der Waals surface area contributed by atoms with Crippen molar-refractivity contribution in [2.75, 3.05) is 24.7 Å². The van der Waals surface area contributed by atoms with Crippen molar-refractivity contribution in [2.24, 2.45) is 0 Å². The van der Waals surface area contributed by atoms with Crippen LogP contribution in [-0.4, -0.2) is 30.2 Å². The zero-order valence-electron chi connectivity index (χ0n) is 11.1. The number of benzene rings is 1. The number of nitro groups is 1. The molecule has 0 saturated carbocycles. The summed E-state index contributed by atoms with van der Waals surface area (Å²) in [6, 6.07) is 5.39. The van der Waals surface area contributed by atoms with E-state index in [2.05, 4.69) is 20.8 Å². The maximum Gasteiger partial charge on any atom is 0.292 e. The molecular weight excluding hydrogens is 312 g/mol. The van der Waals surface area contributed by atoms with E-state index in [0.717, 1.165) is 5.56 Å². The van der Waals surface area contributed by atoms with E-state index in [-0.39, 0.29) is 16.1 Å². The van der Waals surface area contributed by atoms with Crippen LogP contribution in [0.25, 0.3) is 0 Å². The van der Waals surface area contributed by atoms with Gasteiger partial charge in [0.2, 0.25) is 0 Å². The Kier molecular flexibility index (Phi) is 4.10. The quantitative estimate of drug-likeness (QED) is 0.486. The summed E-state index contributed by atoms with van der Waals surface area (Å²) >= 11 is 3.33. The van der Waals surface area contributed by atoms with Gasteiger partial charge in [-0.15, -0.1) is 0 Å². The lowest BCUT2D eigenvalue weighted by Crippen LogP contribution is -2.53. The van der Waals surface area contributed by atoms with E-state index in [1.807, 2.05) is 26.0 Å². The molecule has 104 valence electrons. The van der Waals surface area contributed by atoms with Crippen molar-refractivity contribution in [3.05, 3.63) is 33.9 Å². The first-order valence-electron chi connectivity index (χ1n) is 6.14. The summed E-state index contributed by atoms with van der Waals surface area (Å²) in [5.74, 6) is 0. The highest BCUT2D eigenvalue weighted by Gasteiger charge is 2.34. The summed E-state index contributed by atoms with van der Waals surface area (Å²) in [6.07, 6.45) is 0. The first kappa shape index (κ1) is 14.3. The fourth-order valence-corrected chi connectivity index (χ4v) is 2.68. The topological polar surface area (TPSA) is 55.6 Å². The first-order chi connectivity index (χ1) is 8.95. The molecule has 1 heterocycles. The van der Waals surface area contributed by atoms with Crippen molar-refractivity contribution in [3.63, 3.8) is 0 Å². The van der Waals surface area contributed by atoms with Gasteiger partial charge in [0.15, 0.2) is 0 Å². The molecule has 0 spiro atoms. The Bertz CT molecular complexity index is 491. The predicted molar refractivity (Wildman–Crippen MR) is 78.0 cm³/mol. The number of anilines is 1. The molecule has 1 aliphatic rings. The average molecular weight is 329 g/mol. The van der Waals surface area contributed by atoms with Gasteiger partial charge >= 0.3 is 0 Å². The second kappa shape index (κ2) is 5.46. The van der Waals surface area contributed by atoms with Crippen LogP contribution in [0, 0.1) is 10.1 Å². The minimum atomic E-state index is -0.312. The molecule has 0 amide bonds. The molecule has 0 aromatic heterocycles. The van der Waals surface area contributed by atoms with E-state index in [1.54, 1.807) is 6.07 Å². The largest absolute Gasteiger partial charge is 0.377 e. The average Bonchev–Trinajstić information content (AvgIpc) is 2.37. The molecule has 1 aromatic rings. The van der Waals surface area contributed by atoms with Gasteiger partial charge in [-0.3, -0.25) is 10.1 Å². The fraction of sp³-hybridized carbons (Fsp3) is 0.538. The zero-order valence-corrected chi connectivity index (χ0v) is 12.6. The van der Waals surface area contributed by atoms with Crippen LogP contribution in [0.4, 0.5) is 11.4 Å². The van der Waals surface area contributed by atoms with Gasteiger partial charge in [0.1, 0.15) is 5.69 Å². The third-order valence-electron chi connectivity index (χ3n) is 3.33. The summed E-state index contributed by atoms with van der Waals surface area (Å²) in [4.78, 5) is 13.0. The van der Waals surface area contributed by atoms with Crippen LogP contribution in [0.3, 0.4) is 0 Å². The Morgan fingerprint density at radius 3 is 2.84 bits per heavy atom. The summed E-state index contributed by atoms with van der Waals surface area (Å²) in [7, 11) is 0. The maximum atomic E-state index is 11.3. The normalized spacial score (nSPS) is 18.4. The second-order valence-electron chi connectivity index (χ2n) is 5.23. The van der Waals surface area contributed by atoms with E-state index in [1.165, 1.54) is 0 Å². The van der Waals surface area contributed by atoms with Crippen molar-refractivity contribution < 1.29 is 9.66 Å². The van der Waals surface area contributed by atoms with Crippen LogP contribution in [0.5, 0.6) is 0 Å². The molecule has 1 aromatic carbocycles. The highest BCUT2D eigenvalue weighted by molar-refractivity contribution is 9.08. The molecule has 1 aliphatic heterocycles. The number of nitro benzene ring substituents is 1. The number of morpholine rings is 1. The predicted octanol–water partition coefficient (Wildman–Crippen LogP) is 3.10. The molecule has 0 bridgehead atoms. The summed E-state index contributed by atoms with van der Waals surface area (Å²) in [5.41, 5.74) is 1.50. The summed E-state index contributed by atoms with van der Waals surface area (Å²) in [6.45, 7) is 5.91. The van der Waals surface area contributed by atoms with Crippen LogP contribution in [0.1, 0.15) is 19.4 Å². The number of nitrogens with zero attached hydrogens (tertiary/aromatic N) is 2. The number of halogens is 1. The minimum absolute atomic E-state index is 0.159. The molecule has 0 aliphatic carbocycles. The monoisotopic (exact) mass is 328 g/mol. The third-order valence-corrected chi connectivity index (χ3v) is 3.97. The molecule has 0 radical (unpaired) electrons. The van der Waals surface area contributed by atoms with Crippen LogP contribution in [-0.2, 0) is 10.1 Å². The first-order valence-corrected chi connectivity index (χ1v) is 7.26. The zero-order chi connectivity index (χ0) is 14.0. The lowest BCUT2D eigenvalue weighted by atomic mass is 10.0. The summed E-state index contributed by atoms with van der Waals surface area (Å²) < 4.78 is 5.46. The van der Waals surface area contributed by atoms with Crippen molar-refractivity contribution >= 4 is 27.3 Å². The van der Waals surface area contributed by atoms with Gasteiger partial charge < -0.3 is 9.64 Å². The van der Waals surface area contributed by atoms with E-state index < -0.39 is 0 Å². The fourth-order valence-electron chi connectivity index (χ4n) is 2.33.